The average molecular weight is 188 g/mol. The van der Waals surface area contributed by atoms with Gasteiger partial charge in [0.25, 0.3) is 0 Å². The molecule has 13 heavy (non-hydrogen) atoms. The lowest BCUT2D eigenvalue weighted by Gasteiger charge is -2.15. The minimum absolute atomic E-state index is 0.837. The standard InChI is InChI=1S/C10H24N2O/c1-4-11-7-5-6-8-12(2)9-10-13-3/h11H,4-10H2,1-3H3. The molecule has 0 saturated carbocycles. The summed E-state index contributed by atoms with van der Waals surface area (Å²) in [5.41, 5.74) is 0. The van der Waals surface area contributed by atoms with Crippen LogP contribution >= 0.6 is 0 Å². The third-order valence-corrected chi connectivity index (χ3v) is 2.07. The molecule has 0 amide bonds. The van der Waals surface area contributed by atoms with E-state index >= 15 is 0 Å². The Morgan fingerprint density at radius 2 is 2.00 bits per heavy atom. The number of hydrogen-bond donors (Lipinski definition) is 1. The molecule has 3 heteroatoms. The second-order valence-corrected chi connectivity index (χ2v) is 3.36. The third-order valence-electron chi connectivity index (χ3n) is 2.07. The predicted octanol–water partition coefficient (Wildman–Crippen LogP) is 0.954. The molecule has 0 aromatic heterocycles. The molecular weight excluding hydrogens is 164 g/mol. The molecule has 0 bridgehead atoms. The van der Waals surface area contributed by atoms with E-state index in [2.05, 4.69) is 24.2 Å². The molecule has 0 rings (SSSR count). The normalized spacial score (nSPS) is 11.1. The summed E-state index contributed by atoms with van der Waals surface area (Å²) >= 11 is 0. The first kappa shape index (κ1) is 12.9. The van der Waals surface area contributed by atoms with Crippen LogP contribution in [0.1, 0.15) is 19.8 Å². The Kier molecular flexibility index (Phi) is 9.87. The van der Waals surface area contributed by atoms with Crippen LogP contribution in [0.3, 0.4) is 0 Å². The van der Waals surface area contributed by atoms with Gasteiger partial charge < -0.3 is 15.0 Å². The van der Waals surface area contributed by atoms with Gasteiger partial charge in [0.15, 0.2) is 0 Å². The highest BCUT2D eigenvalue weighted by Crippen LogP contribution is 1.91. The van der Waals surface area contributed by atoms with E-state index < -0.39 is 0 Å². The Balaban J connectivity index is 3.03. The van der Waals surface area contributed by atoms with Crippen molar-refractivity contribution in [2.24, 2.45) is 0 Å². The summed E-state index contributed by atoms with van der Waals surface area (Å²) in [6.45, 7) is 7.43. The predicted molar refractivity (Wildman–Crippen MR) is 57.2 cm³/mol. The zero-order valence-corrected chi connectivity index (χ0v) is 9.31. The van der Waals surface area contributed by atoms with Crippen LogP contribution in [-0.4, -0.2) is 51.8 Å². The highest BCUT2D eigenvalue weighted by atomic mass is 16.5. The summed E-state index contributed by atoms with van der Waals surface area (Å²) in [7, 11) is 3.89. The maximum atomic E-state index is 5.00. The van der Waals surface area contributed by atoms with Gasteiger partial charge in [-0.1, -0.05) is 6.92 Å². The number of nitrogens with zero attached hydrogens (tertiary/aromatic N) is 1. The van der Waals surface area contributed by atoms with Crippen molar-refractivity contribution >= 4 is 0 Å². The first-order valence-corrected chi connectivity index (χ1v) is 5.19. The Morgan fingerprint density at radius 3 is 2.62 bits per heavy atom. The smallest absolute Gasteiger partial charge is 0.0589 e. The van der Waals surface area contributed by atoms with Crippen LogP contribution in [-0.2, 0) is 4.74 Å². The van der Waals surface area contributed by atoms with Crippen LogP contribution in [0.2, 0.25) is 0 Å². The van der Waals surface area contributed by atoms with Gasteiger partial charge >= 0.3 is 0 Å². The fourth-order valence-corrected chi connectivity index (χ4v) is 1.17. The number of methoxy groups -OCH3 is 1. The first-order valence-electron chi connectivity index (χ1n) is 5.19. The van der Waals surface area contributed by atoms with E-state index in [1.165, 1.54) is 19.4 Å². The van der Waals surface area contributed by atoms with Crippen LogP contribution in [0.5, 0.6) is 0 Å². The molecule has 0 fully saturated rings. The maximum Gasteiger partial charge on any atom is 0.0589 e. The van der Waals surface area contributed by atoms with Crippen molar-refractivity contribution in [3.8, 4) is 0 Å². The Hall–Kier alpha value is -0.120. The van der Waals surface area contributed by atoms with E-state index in [4.69, 9.17) is 4.74 Å². The van der Waals surface area contributed by atoms with Gasteiger partial charge in [0, 0.05) is 13.7 Å². The lowest BCUT2D eigenvalue weighted by molar-refractivity contribution is 0.160. The van der Waals surface area contributed by atoms with Gasteiger partial charge in [-0.05, 0) is 39.5 Å². The number of unbranched alkanes of at least 4 members (excludes halogenated alkanes) is 1. The Morgan fingerprint density at radius 1 is 1.23 bits per heavy atom. The summed E-state index contributed by atoms with van der Waals surface area (Å²) in [5.74, 6) is 0. The van der Waals surface area contributed by atoms with Crippen LogP contribution in [0, 0.1) is 0 Å². The van der Waals surface area contributed by atoms with Crippen LogP contribution in [0.25, 0.3) is 0 Å². The molecule has 0 radical (unpaired) electrons. The Bertz CT molecular complexity index is 98.9. The zero-order valence-electron chi connectivity index (χ0n) is 9.31. The summed E-state index contributed by atoms with van der Waals surface area (Å²) in [6.07, 6.45) is 2.54. The maximum absolute atomic E-state index is 5.00. The van der Waals surface area contributed by atoms with Crippen LogP contribution in [0.4, 0.5) is 0 Å². The molecule has 0 saturated heterocycles. The Labute approximate surface area is 82.4 Å². The number of hydrogen-bond acceptors (Lipinski definition) is 3. The minimum atomic E-state index is 0.837. The average Bonchev–Trinajstić information content (AvgIpc) is 2.14. The highest BCUT2D eigenvalue weighted by molar-refractivity contribution is 4.52. The fourth-order valence-electron chi connectivity index (χ4n) is 1.17. The van der Waals surface area contributed by atoms with Crippen molar-refractivity contribution in [1.29, 1.82) is 0 Å². The van der Waals surface area contributed by atoms with E-state index in [1.807, 2.05) is 0 Å². The van der Waals surface area contributed by atoms with Crippen molar-refractivity contribution in [3.63, 3.8) is 0 Å². The largest absolute Gasteiger partial charge is 0.383 e. The molecule has 0 atom stereocenters. The number of ether oxygens (including phenoxy) is 1. The van der Waals surface area contributed by atoms with E-state index in [9.17, 15) is 0 Å². The first-order chi connectivity index (χ1) is 6.31. The molecule has 0 unspecified atom stereocenters. The lowest BCUT2D eigenvalue weighted by atomic mass is 10.3. The molecule has 1 N–H and O–H groups in total. The molecule has 0 aromatic carbocycles. The van der Waals surface area contributed by atoms with Crippen molar-refractivity contribution < 1.29 is 4.74 Å². The van der Waals surface area contributed by atoms with Gasteiger partial charge in [-0.2, -0.15) is 0 Å². The fraction of sp³-hybridized carbons (Fsp3) is 1.00. The number of nitrogens with one attached hydrogen (secondary N) is 1. The highest BCUT2D eigenvalue weighted by Gasteiger charge is 1.96. The molecule has 0 spiro atoms. The van der Waals surface area contributed by atoms with E-state index in [0.717, 1.165) is 26.2 Å². The van der Waals surface area contributed by atoms with Gasteiger partial charge in [-0.15, -0.1) is 0 Å². The van der Waals surface area contributed by atoms with Crippen molar-refractivity contribution in [2.45, 2.75) is 19.8 Å². The monoisotopic (exact) mass is 188 g/mol. The van der Waals surface area contributed by atoms with Gasteiger partial charge in [-0.25, -0.2) is 0 Å². The minimum Gasteiger partial charge on any atom is -0.383 e. The van der Waals surface area contributed by atoms with Crippen molar-refractivity contribution in [1.82, 2.24) is 10.2 Å². The van der Waals surface area contributed by atoms with E-state index in [-0.39, 0.29) is 0 Å². The topological polar surface area (TPSA) is 24.5 Å². The summed E-state index contributed by atoms with van der Waals surface area (Å²) in [6, 6.07) is 0. The molecule has 0 aliphatic carbocycles. The van der Waals surface area contributed by atoms with E-state index in [0.29, 0.717) is 0 Å². The second kappa shape index (κ2) is 9.96. The second-order valence-electron chi connectivity index (χ2n) is 3.36. The van der Waals surface area contributed by atoms with Gasteiger partial charge in [0.1, 0.15) is 0 Å². The summed E-state index contributed by atoms with van der Waals surface area (Å²) < 4.78 is 5.00. The SMILES string of the molecule is CCNCCCCN(C)CCOC. The zero-order chi connectivity index (χ0) is 9.94. The molecule has 0 aliphatic heterocycles. The number of likely N-dealkylation sites (N-methyl/N-ethyl adjacent to an activating group) is 1. The lowest BCUT2D eigenvalue weighted by Crippen LogP contribution is -2.24. The van der Waals surface area contributed by atoms with Crippen molar-refractivity contribution in [3.05, 3.63) is 0 Å². The molecular formula is C10H24N2O. The van der Waals surface area contributed by atoms with E-state index in [1.54, 1.807) is 7.11 Å². The van der Waals surface area contributed by atoms with Crippen molar-refractivity contribution in [2.75, 3.05) is 46.9 Å². The van der Waals surface area contributed by atoms with Gasteiger partial charge in [-0.3, -0.25) is 0 Å². The molecule has 0 aromatic rings. The van der Waals surface area contributed by atoms with Gasteiger partial charge in [0.05, 0.1) is 6.61 Å². The molecule has 0 heterocycles. The molecule has 0 aliphatic rings. The quantitative estimate of drug-likeness (QED) is 0.545. The molecule has 80 valence electrons. The molecule has 3 nitrogen and oxygen atoms in total. The number of rotatable bonds is 9. The third kappa shape index (κ3) is 9.80. The van der Waals surface area contributed by atoms with Crippen LogP contribution < -0.4 is 5.32 Å². The van der Waals surface area contributed by atoms with Crippen LogP contribution in [0.15, 0.2) is 0 Å². The van der Waals surface area contributed by atoms with Gasteiger partial charge in [0.2, 0.25) is 0 Å². The summed E-state index contributed by atoms with van der Waals surface area (Å²) in [5, 5.41) is 3.32. The summed E-state index contributed by atoms with van der Waals surface area (Å²) in [4.78, 5) is 2.31.